The number of phenolic OH excluding ortho intramolecular Hbond substituents is 1. The number of rotatable bonds is 4. The van der Waals surface area contributed by atoms with Crippen LogP contribution >= 0.6 is 0 Å². The molecule has 0 spiro atoms. The minimum atomic E-state index is -0.823. The Morgan fingerprint density at radius 1 is 0.800 bits per heavy atom. The number of benzene rings is 4. The van der Waals surface area contributed by atoms with Gasteiger partial charge in [0.15, 0.2) is 0 Å². The molecule has 0 fully saturated rings. The fourth-order valence-corrected chi connectivity index (χ4v) is 4.85. The molecule has 0 aromatic heterocycles. The number of aromatic hydroxyl groups is 1. The van der Waals surface area contributed by atoms with E-state index in [1.165, 1.54) is 0 Å². The molecule has 4 aromatic rings. The fourth-order valence-electron chi connectivity index (χ4n) is 4.85. The number of aliphatic imine (C=N–C) groups is 2. The Labute approximate surface area is 204 Å². The van der Waals surface area contributed by atoms with Gasteiger partial charge in [0, 0.05) is 42.1 Å². The molecule has 35 heavy (non-hydrogen) atoms. The minimum Gasteiger partial charge on any atom is -0.508 e. The summed E-state index contributed by atoms with van der Waals surface area (Å²) in [5, 5.41) is 12.3. The first-order valence-corrected chi connectivity index (χ1v) is 11.6. The SMILES string of the molecule is Oc1ccc(C2(C3=CN(c4ccccc4)CC=N3)C=NC=CN2c2cccc3ccccc23)cc1. The Morgan fingerprint density at radius 3 is 2.43 bits per heavy atom. The Bertz CT molecular complexity index is 1480. The summed E-state index contributed by atoms with van der Waals surface area (Å²) in [4.78, 5) is 14.0. The van der Waals surface area contributed by atoms with Gasteiger partial charge in [0.2, 0.25) is 0 Å². The van der Waals surface area contributed by atoms with E-state index >= 15 is 0 Å². The Morgan fingerprint density at radius 2 is 1.57 bits per heavy atom. The minimum absolute atomic E-state index is 0.218. The van der Waals surface area contributed by atoms with Gasteiger partial charge in [-0.3, -0.25) is 9.98 Å². The van der Waals surface area contributed by atoms with Crippen LogP contribution in [0.3, 0.4) is 0 Å². The third-order valence-corrected chi connectivity index (χ3v) is 6.54. The Hall–Kier alpha value is -4.64. The second-order valence-electron chi connectivity index (χ2n) is 8.57. The van der Waals surface area contributed by atoms with Gasteiger partial charge in [-0.2, -0.15) is 0 Å². The quantitative estimate of drug-likeness (QED) is 0.396. The molecule has 1 N–H and O–H groups in total. The number of phenols is 1. The van der Waals surface area contributed by atoms with Crippen molar-refractivity contribution in [1.29, 1.82) is 0 Å². The van der Waals surface area contributed by atoms with Gasteiger partial charge in [-0.25, -0.2) is 0 Å². The molecule has 0 aliphatic carbocycles. The van der Waals surface area contributed by atoms with Crippen LogP contribution in [0.1, 0.15) is 5.56 Å². The number of hydrogen-bond acceptors (Lipinski definition) is 5. The summed E-state index contributed by atoms with van der Waals surface area (Å²) < 4.78 is 0. The van der Waals surface area contributed by atoms with Crippen LogP contribution in [0.4, 0.5) is 11.4 Å². The molecular weight excluding hydrogens is 432 g/mol. The second-order valence-corrected chi connectivity index (χ2v) is 8.57. The molecule has 170 valence electrons. The fraction of sp³-hybridized carbons (Fsp3) is 0.0667. The van der Waals surface area contributed by atoms with Crippen molar-refractivity contribution in [3.63, 3.8) is 0 Å². The van der Waals surface area contributed by atoms with Crippen LogP contribution in [-0.2, 0) is 5.54 Å². The van der Waals surface area contributed by atoms with Gasteiger partial charge in [0.05, 0.1) is 17.9 Å². The highest BCUT2D eigenvalue weighted by Crippen LogP contribution is 2.44. The van der Waals surface area contributed by atoms with Crippen molar-refractivity contribution in [3.8, 4) is 5.75 Å². The maximum Gasteiger partial charge on any atom is 0.149 e. The number of para-hydroxylation sites is 1. The highest BCUT2D eigenvalue weighted by atomic mass is 16.3. The van der Waals surface area contributed by atoms with Crippen molar-refractivity contribution in [2.45, 2.75) is 5.54 Å². The first kappa shape index (κ1) is 20.9. The molecule has 2 heterocycles. The Kier molecular flexibility index (Phi) is 5.15. The van der Waals surface area contributed by atoms with E-state index in [0.717, 1.165) is 33.4 Å². The summed E-state index contributed by atoms with van der Waals surface area (Å²) >= 11 is 0. The van der Waals surface area contributed by atoms with Gasteiger partial charge in [-0.15, -0.1) is 0 Å². The largest absolute Gasteiger partial charge is 0.508 e. The van der Waals surface area contributed by atoms with Crippen LogP contribution in [-0.4, -0.2) is 24.1 Å². The van der Waals surface area contributed by atoms with Gasteiger partial charge < -0.3 is 14.9 Å². The zero-order chi connectivity index (χ0) is 23.7. The number of fused-ring (bicyclic) bond motifs is 1. The number of hydrogen-bond donors (Lipinski definition) is 1. The standard InChI is InChI=1S/C30H24N4O/c35-26-15-13-24(14-16-26)30(29-21-33(19-18-32-29)25-9-2-1-3-10-25)22-31-17-20-34(30)28-12-6-8-23-7-4-5-11-27(23)28/h1-18,20-22,35H,19H2. The van der Waals surface area contributed by atoms with Gasteiger partial charge in [-0.1, -0.05) is 66.7 Å². The molecule has 6 rings (SSSR count). The summed E-state index contributed by atoms with van der Waals surface area (Å²) in [6.07, 6.45) is 9.80. The molecule has 2 aliphatic heterocycles. The third-order valence-electron chi connectivity index (χ3n) is 6.54. The van der Waals surface area contributed by atoms with E-state index in [1.54, 1.807) is 12.1 Å². The molecular formula is C30H24N4O. The zero-order valence-corrected chi connectivity index (χ0v) is 19.1. The third kappa shape index (κ3) is 3.58. The molecule has 0 saturated carbocycles. The zero-order valence-electron chi connectivity index (χ0n) is 19.1. The van der Waals surface area contributed by atoms with Crippen molar-refractivity contribution in [2.75, 3.05) is 16.3 Å². The van der Waals surface area contributed by atoms with Crippen LogP contribution in [0.25, 0.3) is 10.8 Å². The van der Waals surface area contributed by atoms with E-state index in [1.807, 2.05) is 55.2 Å². The van der Waals surface area contributed by atoms with Crippen molar-refractivity contribution < 1.29 is 5.11 Å². The summed E-state index contributed by atoms with van der Waals surface area (Å²) in [5.74, 6) is 0.218. The number of nitrogens with zero attached hydrogens (tertiary/aromatic N) is 4. The van der Waals surface area contributed by atoms with Gasteiger partial charge in [-0.05, 0) is 41.3 Å². The van der Waals surface area contributed by atoms with Crippen LogP contribution in [0.2, 0.25) is 0 Å². The normalized spacial score (nSPS) is 19.3. The molecule has 0 radical (unpaired) electrons. The van der Waals surface area contributed by atoms with Crippen molar-refractivity contribution in [1.82, 2.24) is 0 Å². The Balaban J connectivity index is 1.59. The first-order chi connectivity index (χ1) is 17.3. The predicted octanol–water partition coefficient (Wildman–Crippen LogP) is 6.24. The lowest BCUT2D eigenvalue weighted by molar-refractivity contribution is 0.474. The van der Waals surface area contributed by atoms with Crippen LogP contribution in [0, 0.1) is 0 Å². The van der Waals surface area contributed by atoms with Crippen LogP contribution in [0.15, 0.2) is 131 Å². The summed E-state index contributed by atoms with van der Waals surface area (Å²) in [7, 11) is 0. The molecule has 1 atom stereocenters. The van der Waals surface area contributed by atoms with Gasteiger partial charge >= 0.3 is 0 Å². The van der Waals surface area contributed by atoms with Gasteiger partial charge in [0.25, 0.3) is 0 Å². The monoisotopic (exact) mass is 456 g/mol. The number of anilines is 2. The molecule has 0 amide bonds. The maximum atomic E-state index is 10.1. The van der Waals surface area contributed by atoms with E-state index in [0.29, 0.717) is 6.54 Å². The molecule has 4 aromatic carbocycles. The maximum absolute atomic E-state index is 10.1. The van der Waals surface area contributed by atoms with Crippen LogP contribution in [0.5, 0.6) is 5.75 Å². The summed E-state index contributed by atoms with van der Waals surface area (Å²) in [6, 6.07) is 32.3. The second kappa shape index (κ2) is 8.61. The first-order valence-electron chi connectivity index (χ1n) is 11.6. The average Bonchev–Trinajstić information content (AvgIpc) is 2.94. The highest BCUT2D eigenvalue weighted by molar-refractivity contribution is 5.98. The van der Waals surface area contributed by atoms with E-state index in [-0.39, 0.29) is 5.75 Å². The summed E-state index contributed by atoms with van der Waals surface area (Å²) in [6.45, 7) is 0.681. The smallest absolute Gasteiger partial charge is 0.149 e. The molecule has 0 bridgehead atoms. The average molecular weight is 457 g/mol. The lowest BCUT2D eigenvalue weighted by Gasteiger charge is -2.44. The van der Waals surface area contributed by atoms with E-state index in [9.17, 15) is 5.11 Å². The van der Waals surface area contributed by atoms with Crippen molar-refractivity contribution in [3.05, 3.63) is 127 Å². The molecule has 5 nitrogen and oxygen atoms in total. The molecule has 5 heteroatoms. The lowest BCUT2D eigenvalue weighted by atomic mass is 9.84. The summed E-state index contributed by atoms with van der Waals surface area (Å²) in [5.41, 5.74) is 3.11. The molecule has 0 saturated heterocycles. The topological polar surface area (TPSA) is 51.4 Å². The van der Waals surface area contributed by atoms with E-state index in [2.05, 4.69) is 75.6 Å². The van der Waals surface area contributed by atoms with Crippen molar-refractivity contribution in [2.24, 2.45) is 9.98 Å². The predicted molar refractivity (Wildman–Crippen MR) is 144 cm³/mol. The molecule has 1 unspecified atom stereocenters. The lowest BCUT2D eigenvalue weighted by Crippen LogP contribution is -2.48. The molecule has 2 aliphatic rings. The van der Waals surface area contributed by atoms with E-state index in [4.69, 9.17) is 4.99 Å². The van der Waals surface area contributed by atoms with Crippen molar-refractivity contribution >= 4 is 34.6 Å². The van der Waals surface area contributed by atoms with Gasteiger partial charge in [0.1, 0.15) is 11.3 Å². The van der Waals surface area contributed by atoms with E-state index < -0.39 is 5.54 Å². The van der Waals surface area contributed by atoms with Crippen LogP contribution < -0.4 is 9.80 Å². The highest BCUT2D eigenvalue weighted by Gasteiger charge is 2.43.